The summed E-state index contributed by atoms with van der Waals surface area (Å²) in [6, 6.07) is 23.6. The third kappa shape index (κ3) is 6.71. The number of ether oxygens (including phenoxy) is 2. The van der Waals surface area contributed by atoms with Crippen LogP contribution in [-0.2, 0) is 11.4 Å². The molecule has 3 aromatic rings. The number of hydrogen-bond acceptors (Lipinski definition) is 4. The number of carbonyl (C=O) groups is 1. The van der Waals surface area contributed by atoms with Crippen molar-refractivity contribution in [1.29, 1.82) is 0 Å². The molecule has 0 spiro atoms. The second-order valence-corrected chi connectivity index (χ2v) is 8.02. The summed E-state index contributed by atoms with van der Waals surface area (Å²) in [4.78, 5) is 12.4. The zero-order valence-corrected chi connectivity index (χ0v) is 19.0. The molecule has 5 nitrogen and oxygen atoms in total. The van der Waals surface area contributed by atoms with Crippen molar-refractivity contribution in [3.63, 3.8) is 0 Å². The van der Waals surface area contributed by atoms with Gasteiger partial charge in [0.2, 0.25) is 0 Å². The minimum atomic E-state index is -0.665. The van der Waals surface area contributed by atoms with E-state index in [0.29, 0.717) is 18.3 Å². The van der Waals surface area contributed by atoms with Crippen molar-refractivity contribution in [1.82, 2.24) is 5.43 Å². The van der Waals surface area contributed by atoms with Gasteiger partial charge in [-0.25, -0.2) is 5.43 Å². The highest BCUT2D eigenvalue weighted by molar-refractivity contribution is 5.84. The molecule has 0 radical (unpaired) electrons. The van der Waals surface area contributed by atoms with Crippen molar-refractivity contribution < 1.29 is 14.3 Å². The van der Waals surface area contributed by atoms with Crippen LogP contribution in [-0.4, -0.2) is 18.2 Å². The molecular formula is C27H30N2O3. The number of nitrogens with one attached hydrogen (secondary N) is 1. The molecule has 0 aliphatic rings. The fourth-order valence-corrected chi connectivity index (χ4v) is 3.00. The normalized spacial score (nSPS) is 12.0. The zero-order chi connectivity index (χ0) is 22.9. The molecule has 0 aromatic heterocycles. The van der Waals surface area contributed by atoms with E-state index in [0.717, 1.165) is 22.4 Å². The van der Waals surface area contributed by atoms with Gasteiger partial charge >= 0.3 is 0 Å². The summed E-state index contributed by atoms with van der Waals surface area (Å²) in [6.07, 6.45) is 0.929. The third-order valence-electron chi connectivity index (χ3n) is 5.07. The van der Waals surface area contributed by atoms with E-state index in [1.54, 1.807) is 13.1 Å². The summed E-state index contributed by atoms with van der Waals surface area (Å²) in [6.45, 7) is 8.45. The minimum Gasteiger partial charge on any atom is -0.489 e. The third-order valence-corrected chi connectivity index (χ3v) is 5.07. The van der Waals surface area contributed by atoms with Crippen molar-refractivity contribution in [2.45, 2.75) is 46.3 Å². The number of nitrogens with zero attached hydrogens (tertiary/aromatic N) is 1. The number of hydrogen-bond donors (Lipinski definition) is 1. The van der Waals surface area contributed by atoms with Gasteiger partial charge in [-0.05, 0) is 72.4 Å². The average Bonchev–Trinajstić information content (AvgIpc) is 2.80. The Labute approximate surface area is 190 Å². The Morgan fingerprint density at radius 3 is 2.41 bits per heavy atom. The number of aryl methyl sites for hydroxylation is 1. The van der Waals surface area contributed by atoms with Crippen LogP contribution in [0.4, 0.5) is 0 Å². The van der Waals surface area contributed by atoms with Crippen molar-refractivity contribution in [2.75, 3.05) is 0 Å². The van der Waals surface area contributed by atoms with Crippen molar-refractivity contribution >= 4 is 12.1 Å². The number of benzene rings is 3. The Morgan fingerprint density at radius 2 is 1.72 bits per heavy atom. The SMILES string of the molecule is Cc1ccc(C(C)C)cc1O[C@@H](C)C(=O)N/N=C\c1ccc(OCc2ccccc2)cc1. The molecule has 5 heteroatoms. The number of carbonyl (C=O) groups excluding carboxylic acids is 1. The molecule has 1 N–H and O–H groups in total. The topological polar surface area (TPSA) is 59.9 Å². The van der Waals surface area contributed by atoms with Gasteiger partial charge in [0.15, 0.2) is 6.10 Å². The van der Waals surface area contributed by atoms with Crippen molar-refractivity contribution in [3.05, 3.63) is 95.1 Å². The summed E-state index contributed by atoms with van der Waals surface area (Å²) in [5.41, 5.74) is 6.68. The molecule has 0 bridgehead atoms. The van der Waals surface area contributed by atoms with Gasteiger partial charge in [-0.2, -0.15) is 5.10 Å². The van der Waals surface area contributed by atoms with Gasteiger partial charge in [-0.3, -0.25) is 4.79 Å². The Balaban J connectivity index is 1.49. The summed E-state index contributed by atoms with van der Waals surface area (Å²) in [5.74, 6) is 1.57. The predicted molar refractivity (Wildman–Crippen MR) is 128 cm³/mol. The lowest BCUT2D eigenvalue weighted by Crippen LogP contribution is -2.33. The second-order valence-electron chi connectivity index (χ2n) is 8.02. The largest absolute Gasteiger partial charge is 0.489 e. The molecule has 3 aromatic carbocycles. The van der Waals surface area contributed by atoms with Gasteiger partial charge in [-0.1, -0.05) is 56.3 Å². The van der Waals surface area contributed by atoms with Gasteiger partial charge in [0, 0.05) is 0 Å². The molecular weight excluding hydrogens is 400 g/mol. The van der Waals surface area contributed by atoms with E-state index in [-0.39, 0.29) is 5.91 Å². The van der Waals surface area contributed by atoms with E-state index in [9.17, 15) is 4.79 Å². The van der Waals surface area contributed by atoms with Crippen LogP contribution in [0.5, 0.6) is 11.5 Å². The fourth-order valence-electron chi connectivity index (χ4n) is 3.00. The van der Waals surface area contributed by atoms with Crippen LogP contribution < -0.4 is 14.9 Å². The molecule has 166 valence electrons. The highest BCUT2D eigenvalue weighted by Crippen LogP contribution is 2.25. The molecule has 1 amide bonds. The van der Waals surface area contributed by atoms with Crippen LogP contribution in [0.3, 0.4) is 0 Å². The van der Waals surface area contributed by atoms with Gasteiger partial charge < -0.3 is 9.47 Å². The number of rotatable bonds is 9. The molecule has 0 unspecified atom stereocenters. The number of hydrazone groups is 1. The van der Waals surface area contributed by atoms with E-state index < -0.39 is 6.10 Å². The van der Waals surface area contributed by atoms with E-state index in [1.165, 1.54) is 5.56 Å². The summed E-state index contributed by atoms with van der Waals surface area (Å²) in [5, 5.41) is 4.05. The molecule has 0 heterocycles. The lowest BCUT2D eigenvalue weighted by molar-refractivity contribution is -0.127. The molecule has 1 atom stereocenters. The smallest absolute Gasteiger partial charge is 0.280 e. The first-order chi connectivity index (χ1) is 15.4. The standard InChI is InChI=1S/C27H30N2O3/c1-19(2)24-13-10-20(3)26(16-24)32-21(4)27(30)29-28-17-22-11-14-25(15-12-22)31-18-23-8-6-5-7-9-23/h5-17,19,21H,18H2,1-4H3,(H,29,30)/b28-17-/t21-/m0/s1. The maximum absolute atomic E-state index is 12.4. The van der Waals surface area contributed by atoms with E-state index in [4.69, 9.17) is 9.47 Å². The lowest BCUT2D eigenvalue weighted by Gasteiger charge is -2.16. The van der Waals surface area contributed by atoms with E-state index in [2.05, 4.69) is 30.4 Å². The Morgan fingerprint density at radius 1 is 1.00 bits per heavy atom. The van der Waals surface area contributed by atoms with Crippen LogP contribution in [0.1, 0.15) is 48.9 Å². The maximum Gasteiger partial charge on any atom is 0.280 e. The molecule has 3 rings (SSSR count). The molecule has 32 heavy (non-hydrogen) atoms. The van der Waals surface area contributed by atoms with Gasteiger partial charge in [-0.15, -0.1) is 0 Å². The maximum atomic E-state index is 12.4. The van der Waals surface area contributed by atoms with Crippen LogP contribution in [0.2, 0.25) is 0 Å². The summed E-state index contributed by atoms with van der Waals surface area (Å²) in [7, 11) is 0. The van der Waals surface area contributed by atoms with Gasteiger partial charge in [0.1, 0.15) is 18.1 Å². The number of amides is 1. The van der Waals surface area contributed by atoms with E-state index >= 15 is 0 Å². The molecule has 0 aliphatic heterocycles. The second kappa shape index (κ2) is 11.1. The van der Waals surface area contributed by atoms with Crippen LogP contribution in [0.15, 0.2) is 77.9 Å². The monoisotopic (exact) mass is 430 g/mol. The molecule has 0 fully saturated rings. The first kappa shape index (κ1) is 23.1. The predicted octanol–water partition coefficient (Wildman–Crippen LogP) is 5.62. The van der Waals surface area contributed by atoms with Crippen LogP contribution >= 0.6 is 0 Å². The minimum absolute atomic E-state index is 0.307. The highest BCUT2D eigenvalue weighted by Gasteiger charge is 2.15. The zero-order valence-electron chi connectivity index (χ0n) is 19.0. The summed E-state index contributed by atoms with van der Waals surface area (Å²) < 4.78 is 11.7. The first-order valence-corrected chi connectivity index (χ1v) is 10.8. The van der Waals surface area contributed by atoms with Gasteiger partial charge in [0.25, 0.3) is 5.91 Å². The average molecular weight is 431 g/mol. The summed E-state index contributed by atoms with van der Waals surface area (Å²) >= 11 is 0. The Kier molecular flexibility index (Phi) is 8.03. The molecule has 0 saturated heterocycles. The van der Waals surface area contributed by atoms with Crippen LogP contribution in [0.25, 0.3) is 0 Å². The fraction of sp³-hybridized carbons (Fsp3) is 0.259. The molecule has 0 saturated carbocycles. The van der Waals surface area contributed by atoms with Crippen LogP contribution in [0, 0.1) is 6.92 Å². The van der Waals surface area contributed by atoms with E-state index in [1.807, 2.05) is 73.7 Å². The Bertz CT molecular complexity index is 1040. The lowest BCUT2D eigenvalue weighted by atomic mass is 10.0. The van der Waals surface area contributed by atoms with Gasteiger partial charge in [0.05, 0.1) is 6.21 Å². The highest BCUT2D eigenvalue weighted by atomic mass is 16.5. The van der Waals surface area contributed by atoms with Crippen molar-refractivity contribution in [3.8, 4) is 11.5 Å². The van der Waals surface area contributed by atoms with Crippen molar-refractivity contribution in [2.24, 2.45) is 5.10 Å². The molecule has 0 aliphatic carbocycles. The Hall–Kier alpha value is -3.60. The quantitative estimate of drug-likeness (QED) is 0.354. The first-order valence-electron chi connectivity index (χ1n) is 10.8.